The van der Waals surface area contributed by atoms with Crippen molar-refractivity contribution in [3.8, 4) is 0 Å². The summed E-state index contributed by atoms with van der Waals surface area (Å²) in [6, 6.07) is -1.57. The van der Waals surface area contributed by atoms with Gasteiger partial charge in [0.1, 0.15) is 16.7 Å². The Kier molecular flexibility index (Phi) is 3.83. The molecule has 6 nitrogen and oxygen atoms in total. The molecular weight excluding hydrogens is 227 g/mol. The maximum absolute atomic E-state index is 14.2. The van der Waals surface area contributed by atoms with Gasteiger partial charge in [-0.15, -0.1) is 0 Å². The molecule has 0 aromatic rings. The third-order valence-corrected chi connectivity index (χ3v) is 3.00. The van der Waals surface area contributed by atoms with Gasteiger partial charge in [-0.3, -0.25) is 0 Å². The fourth-order valence-corrected chi connectivity index (χ4v) is 2.30. The molecule has 3 atom stereocenters. The van der Waals surface area contributed by atoms with Crippen LogP contribution in [-0.4, -0.2) is 35.8 Å². The molecule has 0 saturated carbocycles. The Labute approximate surface area is 99.0 Å². The van der Waals surface area contributed by atoms with Crippen LogP contribution in [0.3, 0.4) is 0 Å². The normalized spacial score (nSPS) is 29.6. The average Bonchev–Trinajstić information content (AvgIpc) is 2.18. The second-order valence-corrected chi connectivity index (χ2v) is 5.29. The molecule has 1 N–H and O–H groups in total. The molecule has 1 aliphatic rings. The summed E-state index contributed by atoms with van der Waals surface area (Å²) in [6.45, 7) is 5.45. The Balaban J connectivity index is 3.03. The zero-order valence-electron chi connectivity index (χ0n) is 10.2. The van der Waals surface area contributed by atoms with Gasteiger partial charge in [0.15, 0.2) is 12.2 Å². The predicted octanol–water partition coefficient (Wildman–Crippen LogP) is 0.707. The molecule has 1 heterocycles. The first-order valence-corrected chi connectivity index (χ1v) is 5.47. The van der Waals surface area contributed by atoms with Crippen molar-refractivity contribution in [3.05, 3.63) is 0 Å². The number of alkyl halides is 1. The van der Waals surface area contributed by atoms with E-state index in [2.05, 4.69) is 10.0 Å². The Bertz CT molecular complexity index is 349. The summed E-state index contributed by atoms with van der Waals surface area (Å²) in [4.78, 5) is 14.8. The number of hydrogen-bond donors (Lipinski definition) is 1. The number of hydrogen-bond acceptors (Lipinski definition) is 4. The molecule has 1 rings (SSSR count). The van der Waals surface area contributed by atoms with Crippen LogP contribution in [-0.2, 0) is 0 Å². The SMILES string of the molecule is CC(C)(C)C1[C@H](F)[C@@H](N=[N+]=N)CCN1C(=O)[O-]. The summed E-state index contributed by atoms with van der Waals surface area (Å²) < 4.78 is 14.2. The number of piperidine rings is 1. The molecule has 1 unspecified atom stereocenters. The molecule has 0 aromatic carbocycles. The largest absolute Gasteiger partial charge is 0.530 e. The van der Waals surface area contributed by atoms with Crippen molar-refractivity contribution in [1.82, 2.24) is 9.81 Å². The van der Waals surface area contributed by atoms with E-state index in [4.69, 9.17) is 5.53 Å². The van der Waals surface area contributed by atoms with Crippen LogP contribution in [0, 0.1) is 10.9 Å². The maximum Gasteiger partial charge on any atom is 0.214 e. The van der Waals surface area contributed by atoms with Crippen molar-refractivity contribution in [3.63, 3.8) is 0 Å². The summed E-state index contributed by atoms with van der Waals surface area (Å²) >= 11 is 0. The number of carboxylic acid groups (broad SMARTS) is 1. The van der Waals surface area contributed by atoms with Gasteiger partial charge in [-0.1, -0.05) is 20.8 Å². The van der Waals surface area contributed by atoms with Gasteiger partial charge in [0.25, 0.3) is 0 Å². The number of nitrogens with zero attached hydrogens (tertiary/aromatic N) is 3. The number of likely N-dealkylation sites (tertiary alicyclic amines) is 1. The zero-order valence-corrected chi connectivity index (χ0v) is 10.2. The van der Waals surface area contributed by atoms with Crippen LogP contribution in [0.4, 0.5) is 9.18 Å². The molecule has 0 aliphatic carbocycles. The van der Waals surface area contributed by atoms with E-state index in [1.54, 1.807) is 20.8 Å². The van der Waals surface area contributed by atoms with E-state index in [0.29, 0.717) is 0 Å². The number of amides is 1. The molecular formula is C10H17FN4O2. The number of carbonyl (C=O) groups is 1. The van der Waals surface area contributed by atoms with Crippen LogP contribution in [0.5, 0.6) is 0 Å². The minimum Gasteiger partial charge on any atom is -0.530 e. The highest BCUT2D eigenvalue weighted by Crippen LogP contribution is 2.34. The number of nitrogens with one attached hydrogen (secondary N) is 1. The first-order valence-electron chi connectivity index (χ1n) is 5.47. The summed E-state index contributed by atoms with van der Waals surface area (Å²) in [6.07, 6.45) is -2.60. The summed E-state index contributed by atoms with van der Waals surface area (Å²) in [5.74, 6) is 0. The van der Waals surface area contributed by atoms with E-state index in [9.17, 15) is 14.3 Å². The van der Waals surface area contributed by atoms with Crippen LogP contribution in [0.25, 0.3) is 0 Å². The highest BCUT2D eigenvalue weighted by molar-refractivity contribution is 5.63. The molecule has 1 fully saturated rings. The first kappa shape index (κ1) is 13.6. The van der Waals surface area contributed by atoms with E-state index in [1.165, 1.54) is 0 Å². The predicted molar refractivity (Wildman–Crippen MR) is 55.9 cm³/mol. The summed E-state index contributed by atoms with van der Waals surface area (Å²) in [5, 5.41) is 14.5. The average molecular weight is 244 g/mol. The third kappa shape index (κ3) is 2.79. The third-order valence-electron chi connectivity index (χ3n) is 3.00. The Morgan fingerprint density at radius 2 is 2.18 bits per heavy atom. The minimum atomic E-state index is -1.46. The second kappa shape index (κ2) is 4.79. The van der Waals surface area contributed by atoms with Crippen LogP contribution in [0.2, 0.25) is 0 Å². The lowest BCUT2D eigenvalue weighted by atomic mass is 9.78. The fraction of sp³-hybridized carbons (Fsp3) is 0.900. The minimum absolute atomic E-state index is 0.161. The summed E-state index contributed by atoms with van der Waals surface area (Å²) in [7, 11) is 0. The Hall–Kier alpha value is -1.49. The molecule has 0 radical (unpaired) electrons. The zero-order chi connectivity index (χ0) is 13.2. The molecule has 96 valence electrons. The van der Waals surface area contributed by atoms with Gasteiger partial charge in [-0.05, 0) is 11.8 Å². The van der Waals surface area contributed by atoms with Gasteiger partial charge in [-0.2, -0.15) is 0 Å². The lowest BCUT2D eigenvalue weighted by Crippen LogP contribution is -2.62. The second-order valence-electron chi connectivity index (χ2n) is 5.29. The van der Waals surface area contributed by atoms with Crippen molar-refractivity contribution < 1.29 is 14.3 Å². The monoisotopic (exact) mass is 244 g/mol. The molecule has 7 heteroatoms. The quantitative estimate of drug-likeness (QED) is 0.543. The highest BCUT2D eigenvalue weighted by Gasteiger charge is 2.46. The van der Waals surface area contributed by atoms with Gasteiger partial charge < -0.3 is 14.8 Å². The van der Waals surface area contributed by atoms with Crippen molar-refractivity contribution in [2.75, 3.05) is 6.54 Å². The lowest BCUT2D eigenvalue weighted by Gasteiger charge is -2.47. The molecule has 17 heavy (non-hydrogen) atoms. The van der Waals surface area contributed by atoms with Gasteiger partial charge in [0.2, 0.25) is 4.91 Å². The topological polar surface area (TPSA) is 93.7 Å². The Morgan fingerprint density at radius 3 is 2.59 bits per heavy atom. The van der Waals surface area contributed by atoms with Crippen LogP contribution < -0.4 is 10.0 Å². The summed E-state index contributed by atoms with van der Waals surface area (Å²) in [5.41, 5.74) is 6.08. The van der Waals surface area contributed by atoms with Gasteiger partial charge >= 0.3 is 0 Å². The van der Waals surface area contributed by atoms with E-state index >= 15 is 0 Å². The fourth-order valence-electron chi connectivity index (χ4n) is 2.30. The van der Waals surface area contributed by atoms with Gasteiger partial charge in [0.05, 0.1) is 6.04 Å². The van der Waals surface area contributed by atoms with Gasteiger partial charge in [0, 0.05) is 6.54 Å². The van der Waals surface area contributed by atoms with E-state index < -0.39 is 29.8 Å². The van der Waals surface area contributed by atoms with E-state index in [1.807, 2.05) is 0 Å². The number of carbonyl (C=O) groups excluding carboxylic acids is 1. The number of rotatable bonds is 1. The molecule has 1 amide bonds. The van der Waals surface area contributed by atoms with E-state index in [-0.39, 0.29) is 13.0 Å². The van der Waals surface area contributed by atoms with Crippen molar-refractivity contribution in [2.24, 2.45) is 10.5 Å². The van der Waals surface area contributed by atoms with Crippen LogP contribution >= 0.6 is 0 Å². The van der Waals surface area contributed by atoms with Crippen molar-refractivity contribution in [2.45, 2.75) is 45.4 Å². The molecule has 0 bridgehead atoms. The molecule has 1 saturated heterocycles. The smallest absolute Gasteiger partial charge is 0.214 e. The molecule has 1 aliphatic heterocycles. The molecule has 0 spiro atoms. The number of halogens is 1. The standard InChI is InChI=1S/C10H17FN4O2/c1-10(2,3)8-7(11)6(13-14-12)4-5-15(8)9(16)17/h6-8,12H,4-5H2,1-3H3/t6-,7+,8?/m0/s1. The maximum atomic E-state index is 14.2. The van der Waals surface area contributed by atoms with Gasteiger partial charge in [-0.25, -0.2) is 4.39 Å². The highest BCUT2D eigenvalue weighted by atomic mass is 19.1. The van der Waals surface area contributed by atoms with Crippen LogP contribution in [0.15, 0.2) is 5.11 Å². The van der Waals surface area contributed by atoms with Crippen molar-refractivity contribution >= 4 is 6.09 Å². The molecule has 0 aromatic heterocycles. The Morgan fingerprint density at radius 1 is 1.59 bits per heavy atom. The first-order chi connectivity index (χ1) is 7.79. The van der Waals surface area contributed by atoms with E-state index in [0.717, 1.165) is 4.90 Å². The van der Waals surface area contributed by atoms with Crippen LogP contribution in [0.1, 0.15) is 27.2 Å². The lowest BCUT2D eigenvalue weighted by molar-refractivity contribution is -0.273. The van der Waals surface area contributed by atoms with Crippen molar-refractivity contribution in [1.29, 1.82) is 5.53 Å².